The van der Waals surface area contributed by atoms with Crippen LogP contribution in [-0.2, 0) is 10.2 Å². The maximum absolute atomic E-state index is 13.4. The van der Waals surface area contributed by atoms with Gasteiger partial charge in [-0.1, -0.05) is 74.8 Å². The molecular weight excluding hydrogens is 450 g/mol. The molecule has 0 saturated heterocycles. The van der Waals surface area contributed by atoms with E-state index in [-0.39, 0.29) is 28.2 Å². The number of hydrogen-bond donors (Lipinski definition) is 1. The molecule has 0 aliphatic heterocycles. The molecule has 0 aliphatic rings. The van der Waals surface area contributed by atoms with E-state index in [1.54, 1.807) is 31.2 Å². The van der Waals surface area contributed by atoms with Gasteiger partial charge in [0.25, 0.3) is 5.91 Å². The second-order valence-corrected chi connectivity index (χ2v) is 9.61. The predicted molar refractivity (Wildman–Crippen MR) is 137 cm³/mol. The highest BCUT2D eigenvalue weighted by Gasteiger charge is 2.24. The molecule has 1 N–H and O–H groups in total. The lowest BCUT2D eigenvalue weighted by molar-refractivity contribution is -0.122. The largest absolute Gasteiger partial charge is 0.473 e. The molecule has 0 bridgehead atoms. The summed E-state index contributed by atoms with van der Waals surface area (Å²) in [5.74, 6) is -0.153. The Bertz CT molecular complexity index is 1390. The number of nitrogens with one attached hydrogen (secondary N) is 1. The van der Waals surface area contributed by atoms with E-state index in [1.165, 1.54) is 6.07 Å². The predicted octanol–water partition coefficient (Wildman–Crippen LogP) is 6.82. The van der Waals surface area contributed by atoms with E-state index < -0.39 is 11.5 Å². The fraction of sp³-hybridized carbons (Fsp3) is 0.214. The lowest BCUT2D eigenvalue weighted by Crippen LogP contribution is -2.31. The molecule has 0 aliphatic carbocycles. The van der Waals surface area contributed by atoms with Gasteiger partial charge in [0, 0.05) is 16.3 Å². The molecular formula is C28H26ClNO4. The highest BCUT2D eigenvalue weighted by atomic mass is 35.5. The zero-order valence-corrected chi connectivity index (χ0v) is 20.3. The van der Waals surface area contributed by atoms with E-state index in [0.29, 0.717) is 21.9 Å². The Morgan fingerprint density at radius 2 is 1.68 bits per heavy atom. The van der Waals surface area contributed by atoms with E-state index >= 15 is 0 Å². The standard InChI is InChI=1S/C28H26ClNO4/c1-17(27(32)30-21-8-6-5-7-9-21)33-26-24(31)22-16-20(29)14-15-23(22)34-25(26)18-10-12-19(13-11-18)28(2,3)4/h5-17H,1-4H3,(H,30,32)/t17-/m1/s1. The van der Waals surface area contributed by atoms with Gasteiger partial charge in [-0.3, -0.25) is 9.59 Å². The van der Waals surface area contributed by atoms with Crippen LogP contribution in [0.1, 0.15) is 33.3 Å². The number of carbonyl (C=O) groups is 1. The summed E-state index contributed by atoms with van der Waals surface area (Å²) in [6.45, 7) is 7.97. The second-order valence-electron chi connectivity index (χ2n) is 9.17. The maximum atomic E-state index is 13.4. The van der Waals surface area contributed by atoms with Gasteiger partial charge in [-0.2, -0.15) is 0 Å². The van der Waals surface area contributed by atoms with Gasteiger partial charge in [-0.15, -0.1) is 0 Å². The van der Waals surface area contributed by atoms with Gasteiger partial charge in [-0.25, -0.2) is 0 Å². The van der Waals surface area contributed by atoms with Gasteiger partial charge in [0.1, 0.15) is 5.58 Å². The topological polar surface area (TPSA) is 68.5 Å². The van der Waals surface area contributed by atoms with E-state index in [0.717, 1.165) is 5.56 Å². The van der Waals surface area contributed by atoms with Crippen LogP contribution >= 0.6 is 11.6 Å². The number of rotatable bonds is 5. The van der Waals surface area contributed by atoms with Crippen molar-refractivity contribution in [3.63, 3.8) is 0 Å². The van der Waals surface area contributed by atoms with Crippen molar-refractivity contribution in [1.82, 2.24) is 0 Å². The third-order valence-corrected chi connectivity index (χ3v) is 5.76. The number of ether oxygens (including phenoxy) is 1. The molecule has 0 saturated carbocycles. The molecule has 1 atom stereocenters. The van der Waals surface area contributed by atoms with Crippen LogP contribution < -0.4 is 15.5 Å². The Hall–Kier alpha value is -3.57. The van der Waals surface area contributed by atoms with E-state index in [2.05, 4.69) is 26.1 Å². The Morgan fingerprint density at radius 3 is 2.32 bits per heavy atom. The quantitative estimate of drug-likeness (QED) is 0.344. The summed E-state index contributed by atoms with van der Waals surface area (Å²) >= 11 is 6.12. The molecule has 1 aromatic heterocycles. The van der Waals surface area contributed by atoms with Crippen LogP contribution in [0.15, 0.2) is 82.0 Å². The monoisotopic (exact) mass is 475 g/mol. The van der Waals surface area contributed by atoms with Crippen molar-refractivity contribution in [3.8, 4) is 17.1 Å². The summed E-state index contributed by atoms with van der Waals surface area (Å²) < 4.78 is 12.1. The van der Waals surface area contributed by atoms with Gasteiger partial charge in [0.15, 0.2) is 11.9 Å². The summed E-state index contributed by atoms with van der Waals surface area (Å²) in [4.78, 5) is 26.2. The number of hydrogen-bond acceptors (Lipinski definition) is 4. The van der Waals surface area contributed by atoms with Crippen LogP contribution in [-0.4, -0.2) is 12.0 Å². The minimum Gasteiger partial charge on any atom is -0.473 e. The first-order valence-corrected chi connectivity index (χ1v) is 11.4. The Morgan fingerprint density at radius 1 is 1.00 bits per heavy atom. The first kappa shape index (κ1) is 23.6. The fourth-order valence-electron chi connectivity index (χ4n) is 3.56. The van der Waals surface area contributed by atoms with Crippen molar-refractivity contribution in [3.05, 3.63) is 93.6 Å². The van der Waals surface area contributed by atoms with Crippen LogP contribution in [0.5, 0.6) is 5.75 Å². The highest BCUT2D eigenvalue weighted by Crippen LogP contribution is 2.34. The van der Waals surface area contributed by atoms with E-state index in [1.807, 2.05) is 42.5 Å². The van der Waals surface area contributed by atoms with Crippen molar-refractivity contribution < 1.29 is 13.9 Å². The Balaban J connectivity index is 1.76. The molecule has 1 heterocycles. The molecule has 3 aromatic carbocycles. The van der Waals surface area contributed by atoms with Crippen LogP contribution in [0.4, 0.5) is 5.69 Å². The molecule has 1 amide bonds. The van der Waals surface area contributed by atoms with Gasteiger partial charge < -0.3 is 14.5 Å². The Kier molecular flexibility index (Phi) is 6.49. The van der Waals surface area contributed by atoms with Crippen LogP contribution in [0.25, 0.3) is 22.3 Å². The SMILES string of the molecule is C[C@@H](Oc1c(-c2ccc(C(C)(C)C)cc2)oc2ccc(Cl)cc2c1=O)C(=O)Nc1ccccc1. The van der Waals surface area contributed by atoms with Gasteiger partial charge >= 0.3 is 0 Å². The van der Waals surface area contributed by atoms with E-state index in [9.17, 15) is 9.59 Å². The van der Waals surface area contributed by atoms with Crippen molar-refractivity contribution >= 4 is 34.2 Å². The summed E-state index contributed by atoms with van der Waals surface area (Å²) in [6.07, 6.45) is -0.952. The second kappa shape index (κ2) is 9.35. The number of amides is 1. The lowest BCUT2D eigenvalue weighted by Gasteiger charge is -2.20. The number of anilines is 1. The number of carbonyl (C=O) groups excluding carboxylic acids is 1. The number of halogens is 1. The smallest absolute Gasteiger partial charge is 0.265 e. The molecule has 0 fully saturated rings. The Labute approximate surface area is 203 Å². The molecule has 0 spiro atoms. The summed E-state index contributed by atoms with van der Waals surface area (Å²) in [5.41, 5.74) is 2.43. The fourth-order valence-corrected chi connectivity index (χ4v) is 3.74. The average molecular weight is 476 g/mol. The first-order valence-electron chi connectivity index (χ1n) is 11.0. The third-order valence-electron chi connectivity index (χ3n) is 5.53. The molecule has 0 radical (unpaired) electrons. The third kappa shape index (κ3) is 5.00. The molecule has 34 heavy (non-hydrogen) atoms. The van der Waals surface area contributed by atoms with Crippen LogP contribution in [0, 0.1) is 0 Å². The summed E-state index contributed by atoms with van der Waals surface area (Å²) in [6, 6.07) is 21.7. The molecule has 0 unspecified atom stereocenters. The van der Waals surface area contributed by atoms with Crippen molar-refractivity contribution in [2.45, 2.75) is 39.2 Å². The number of para-hydroxylation sites is 1. The number of fused-ring (bicyclic) bond motifs is 1. The zero-order chi connectivity index (χ0) is 24.5. The number of benzene rings is 3. The minimum atomic E-state index is -0.952. The molecule has 5 nitrogen and oxygen atoms in total. The van der Waals surface area contributed by atoms with Crippen molar-refractivity contribution in [2.75, 3.05) is 5.32 Å². The molecule has 4 aromatic rings. The lowest BCUT2D eigenvalue weighted by atomic mass is 9.86. The summed E-state index contributed by atoms with van der Waals surface area (Å²) in [7, 11) is 0. The van der Waals surface area contributed by atoms with E-state index in [4.69, 9.17) is 20.8 Å². The van der Waals surface area contributed by atoms with Crippen molar-refractivity contribution in [1.29, 1.82) is 0 Å². The van der Waals surface area contributed by atoms with Gasteiger partial charge in [-0.05, 0) is 48.2 Å². The molecule has 4 rings (SSSR count). The van der Waals surface area contributed by atoms with Gasteiger partial charge in [0.05, 0.1) is 5.39 Å². The molecule has 174 valence electrons. The summed E-state index contributed by atoms with van der Waals surface area (Å²) in [5, 5.41) is 3.48. The zero-order valence-electron chi connectivity index (χ0n) is 19.5. The van der Waals surface area contributed by atoms with Crippen LogP contribution in [0.2, 0.25) is 5.02 Å². The van der Waals surface area contributed by atoms with Gasteiger partial charge in [0.2, 0.25) is 11.2 Å². The average Bonchev–Trinajstić information content (AvgIpc) is 2.81. The van der Waals surface area contributed by atoms with Crippen LogP contribution in [0.3, 0.4) is 0 Å². The first-order chi connectivity index (χ1) is 16.1. The van der Waals surface area contributed by atoms with Crippen molar-refractivity contribution in [2.24, 2.45) is 0 Å². The normalized spacial score (nSPS) is 12.4. The minimum absolute atomic E-state index is 0.0249. The highest BCUT2D eigenvalue weighted by molar-refractivity contribution is 6.31. The maximum Gasteiger partial charge on any atom is 0.265 e. The molecule has 6 heteroatoms.